The van der Waals surface area contributed by atoms with Crippen molar-refractivity contribution in [1.29, 1.82) is 0 Å². The van der Waals surface area contributed by atoms with E-state index in [1.165, 1.54) is 4.90 Å². The lowest BCUT2D eigenvalue weighted by Crippen LogP contribution is -2.55. The van der Waals surface area contributed by atoms with Crippen molar-refractivity contribution >= 4 is 17.9 Å². The van der Waals surface area contributed by atoms with Gasteiger partial charge in [0.25, 0.3) is 0 Å². The number of amides is 3. The number of aliphatic carboxylic acids is 1. The maximum Gasteiger partial charge on any atom is 0.318 e. The highest BCUT2D eigenvalue weighted by molar-refractivity contribution is 5.83. The molecule has 4 N–H and O–H groups in total. The van der Waals surface area contributed by atoms with E-state index in [2.05, 4.69) is 5.32 Å². The van der Waals surface area contributed by atoms with Crippen molar-refractivity contribution in [3.63, 3.8) is 0 Å². The second kappa shape index (κ2) is 6.40. The molecule has 19 heavy (non-hydrogen) atoms. The van der Waals surface area contributed by atoms with Crippen LogP contribution in [0.5, 0.6) is 0 Å². The summed E-state index contributed by atoms with van der Waals surface area (Å²) in [4.78, 5) is 35.1. The van der Waals surface area contributed by atoms with Crippen LogP contribution in [0.15, 0.2) is 0 Å². The van der Waals surface area contributed by atoms with Gasteiger partial charge in [-0.05, 0) is 12.8 Å². The summed E-state index contributed by atoms with van der Waals surface area (Å²) in [5.74, 6) is -1.55. The molecule has 1 fully saturated rings. The number of nitrogens with one attached hydrogen (secondary N) is 1. The summed E-state index contributed by atoms with van der Waals surface area (Å²) in [6.07, 6.45) is 4.12. The molecule has 1 saturated carbocycles. The lowest BCUT2D eigenvalue weighted by atomic mass is 9.78. The van der Waals surface area contributed by atoms with Crippen LogP contribution in [0.2, 0.25) is 0 Å². The Kier molecular flexibility index (Phi) is 5.14. The molecule has 7 nitrogen and oxygen atoms in total. The highest BCUT2D eigenvalue weighted by Gasteiger charge is 2.40. The summed E-state index contributed by atoms with van der Waals surface area (Å²) in [5.41, 5.74) is 4.31. The molecule has 1 aliphatic carbocycles. The SMILES string of the molecule is CN(C(=O)NCC(N)=O)C1(CC(=O)O)CCCCC1. The molecule has 0 bridgehead atoms. The summed E-state index contributed by atoms with van der Waals surface area (Å²) in [7, 11) is 1.57. The van der Waals surface area contributed by atoms with Crippen LogP contribution in [0.4, 0.5) is 4.79 Å². The third kappa shape index (κ3) is 4.11. The van der Waals surface area contributed by atoms with E-state index in [0.29, 0.717) is 12.8 Å². The Bertz CT molecular complexity index is 364. The molecule has 7 heteroatoms. The smallest absolute Gasteiger partial charge is 0.318 e. The lowest BCUT2D eigenvalue weighted by molar-refractivity contribution is -0.140. The first-order valence-electron chi connectivity index (χ1n) is 6.39. The number of carboxylic acids is 1. The molecule has 0 aromatic carbocycles. The van der Waals surface area contributed by atoms with Crippen molar-refractivity contribution < 1.29 is 19.5 Å². The number of hydrogen-bond donors (Lipinski definition) is 3. The number of urea groups is 1. The Hall–Kier alpha value is -1.79. The molecular weight excluding hydrogens is 250 g/mol. The predicted octanol–water partition coefficient (Wildman–Crippen LogP) is 0.291. The molecule has 108 valence electrons. The number of nitrogens with zero attached hydrogens (tertiary/aromatic N) is 1. The Morgan fingerprint density at radius 3 is 2.32 bits per heavy atom. The third-order valence-electron chi connectivity index (χ3n) is 3.69. The highest BCUT2D eigenvalue weighted by Crippen LogP contribution is 2.35. The highest BCUT2D eigenvalue weighted by atomic mass is 16.4. The fourth-order valence-electron chi connectivity index (χ4n) is 2.62. The monoisotopic (exact) mass is 271 g/mol. The molecule has 0 aromatic rings. The Balaban J connectivity index is 2.75. The van der Waals surface area contributed by atoms with Gasteiger partial charge in [0.2, 0.25) is 5.91 Å². The second-order valence-corrected chi connectivity index (χ2v) is 5.04. The second-order valence-electron chi connectivity index (χ2n) is 5.04. The number of hydrogen-bond acceptors (Lipinski definition) is 3. The van der Waals surface area contributed by atoms with Crippen molar-refractivity contribution in [2.24, 2.45) is 5.73 Å². The zero-order valence-electron chi connectivity index (χ0n) is 11.1. The first-order chi connectivity index (χ1) is 8.87. The van der Waals surface area contributed by atoms with E-state index >= 15 is 0 Å². The van der Waals surface area contributed by atoms with Gasteiger partial charge in [-0.3, -0.25) is 9.59 Å². The van der Waals surface area contributed by atoms with Gasteiger partial charge in [0.05, 0.1) is 18.5 Å². The summed E-state index contributed by atoms with van der Waals surface area (Å²) in [5, 5.41) is 11.4. The fraction of sp³-hybridized carbons (Fsp3) is 0.750. The molecule has 0 heterocycles. The molecular formula is C12H21N3O4. The van der Waals surface area contributed by atoms with Gasteiger partial charge < -0.3 is 21.1 Å². The predicted molar refractivity (Wildman–Crippen MR) is 68.4 cm³/mol. The zero-order chi connectivity index (χ0) is 14.5. The van der Waals surface area contributed by atoms with Crippen LogP contribution in [-0.2, 0) is 9.59 Å². The van der Waals surface area contributed by atoms with Crippen molar-refractivity contribution in [1.82, 2.24) is 10.2 Å². The van der Waals surface area contributed by atoms with Gasteiger partial charge in [-0.2, -0.15) is 0 Å². The van der Waals surface area contributed by atoms with Crippen LogP contribution in [0.3, 0.4) is 0 Å². The molecule has 0 aliphatic heterocycles. The minimum atomic E-state index is -0.920. The minimum absolute atomic E-state index is 0.0759. The fourth-order valence-corrected chi connectivity index (χ4v) is 2.62. The van der Waals surface area contributed by atoms with E-state index in [1.54, 1.807) is 7.05 Å². The first kappa shape index (κ1) is 15.3. The van der Waals surface area contributed by atoms with Crippen LogP contribution in [0.25, 0.3) is 0 Å². The third-order valence-corrected chi connectivity index (χ3v) is 3.69. The maximum absolute atomic E-state index is 11.9. The summed E-state index contributed by atoms with van der Waals surface area (Å²) >= 11 is 0. The lowest BCUT2D eigenvalue weighted by Gasteiger charge is -2.43. The van der Waals surface area contributed by atoms with Crippen LogP contribution >= 0.6 is 0 Å². The van der Waals surface area contributed by atoms with Gasteiger partial charge in [-0.1, -0.05) is 19.3 Å². The average Bonchev–Trinajstić information content (AvgIpc) is 2.35. The molecule has 0 aromatic heterocycles. The first-order valence-corrected chi connectivity index (χ1v) is 6.39. The number of carbonyl (C=O) groups excluding carboxylic acids is 2. The Morgan fingerprint density at radius 2 is 1.84 bits per heavy atom. The molecule has 0 saturated heterocycles. The maximum atomic E-state index is 11.9. The van der Waals surface area contributed by atoms with Crippen molar-refractivity contribution in [3.05, 3.63) is 0 Å². The largest absolute Gasteiger partial charge is 0.481 e. The summed E-state index contributed by atoms with van der Waals surface area (Å²) < 4.78 is 0. The van der Waals surface area contributed by atoms with Gasteiger partial charge in [-0.25, -0.2) is 4.79 Å². The molecule has 1 rings (SSSR count). The topological polar surface area (TPSA) is 113 Å². The minimum Gasteiger partial charge on any atom is -0.481 e. The molecule has 0 atom stereocenters. The summed E-state index contributed by atoms with van der Waals surface area (Å²) in [6, 6.07) is -0.457. The van der Waals surface area contributed by atoms with Crippen molar-refractivity contribution in [2.45, 2.75) is 44.1 Å². The number of carbonyl (C=O) groups is 3. The van der Waals surface area contributed by atoms with E-state index in [4.69, 9.17) is 10.8 Å². The van der Waals surface area contributed by atoms with Gasteiger partial charge in [0, 0.05) is 7.05 Å². The van der Waals surface area contributed by atoms with E-state index in [9.17, 15) is 14.4 Å². The zero-order valence-corrected chi connectivity index (χ0v) is 11.1. The Morgan fingerprint density at radius 1 is 1.26 bits per heavy atom. The summed E-state index contributed by atoms with van der Waals surface area (Å²) in [6.45, 7) is -0.244. The van der Waals surface area contributed by atoms with E-state index in [-0.39, 0.29) is 13.0 Å². The quantitative estimate of drug-likeness (QED) is 0.667. The normalized spacial score (nSPS) is 17.5. The van der Waals surface area contributed by atoms with Crippen molar-refractivity contribution in [3.8, 4) is 0 Å². The van der Waals surface area contributed by atoms with Crippen LogP contribution in [-0.4, -0.2) is 47.0 Å². The number of nitrogens with two attached hydrogens (primary N) is 1. The number of rotatable bonds is 5. The molecule has 3 amide bonds. The van der Waals surface area contributed by atoms with E-state index in [0.717, 1.165) is 19.3 Å². The van der Waals surface area contributed by atoms with Crippen LogP contribution < -0.4 is 11.1 Å². The van der Waals surface area contributed by atoms with E-state index in [1.807, 2.05) is 0 Å². The molecule has 0 spiro atoms. The molecule has 0 unspecified atom stereocenters. The Labute approximate surface area is 112 Å². The van der Waals surface area contributed by atoms with Crippen molar-refractivity contribution in [2.75, 3.05) is 13.6 Å². The standard InChI is InChI=1S/C12H21N3O4/c1-15(11(19)14-8-9(13)16)12(7-10(17)18)5-3-2-4-6-12/h2-8H2,1H3,(H2,13,16)(H,14,19)(H,17,18). The van der Waals surface area contributed by atoms with Gasteiger partial charge >= 0.3 is 12.0 Å². The number of primary amides is 1. The molecule has 1 aliphatic rings. The van der Waals surface area contributed by atoms with Gasteiger partial charge in [0.15, 0.2) is 0 Å². The molecule has 0 radical (unpaired) electrons. The van der Waals surface area contributed by atoms with Crippen LogP contribution in [0, 0.1) is 0 Å². The van der Waals surface area contributed by atoms with Gasteiger partial charge in [0.1, 0.15) is 0 Å². The number of carboxylic acid groups (broad SMARTS) is 1. The van der Waals surface area contributed by atoms with Gasteiger partial charge in [-0.15, -0.1) is 0 Å². The van der Waals surface area contributed by atoms with Crippen LogP contribution in [0.1, 0.15) is 38.5 Å². The average molecular weight is 271 g/mol. The van der Waals surface area contributed by atoms with E-state index < -0.39 is 23.4 Å².